The summed E-state index contributed by atoms with van der Waals surface area (Å²) < 4.78 is 6.76. The van der Waals surface area contributed by atoms with E-state index in [9.17, 15) is 9.59 Å². The van der Waals surface area contributed by atoms with Gasteiger partial charge in [0.2, 0.25) is 5.91 Å². The van der Waals surface area contributed by atoms with Crippen molar-refractivity contribution >= 4 is 29.3 Å². The van der Waals surface area contributed by atoms with E-state index in [4.69, 9.17) is 0 Å². The Balaban J connectivity index is 2.00. The minimum atomic E-state index is -0.440. The van der Waals surface area contributed by atoms with Crippen LogP contribution in [0.3, 0.4) is 0 Å². The maximum atomic E-state index is 12.2. The molecule has 0 spiro atoms. The summed E-state index contributed by atoms with van der Waals surface area (Å²) in [7, 11) is 1.32. The average molecular weight is 376 g/mol. The number of amides is 1. The second kappa shape index (κ2) is 9.38. The largest absolute Gasteiger partial charge is 0.465 e. The van der Waals surface area contributed by atoms with Crippen molar-refractivity contribution < 1.29 is 14.3 Å². The van der Waals surface area contributed by atoms with Gasteiger partial charge in [-0.25, -0.2) is 4.79 Å². The minimum absolute atomic E-state index is 0.172. The number of carbonyl (C=O) groups is 2. The highest BCUT2D eigenvalue weighted by Gasteiger charge is 2.16. The number of hydrogen-bond donors (Lipinski definition) is 1. The number of ether oxygens (including phenoxy) is 1. The van der Waals surface area contributed by atoms with E-state index in [1.165, 1.54) is 18.9 Å². The van der Waals surface area contributed by atoms with E-state index in [0.29, 0.717) is 11.3 Å². The van der Waals surface area contributed by atoms with Gasteiger partial charge < -0.3 is 14.6 Å². The number of methoxy groups -OCH3 is 1. The summed E-state index contributed by atoms with van der Waals surface area (Å²) in [4.78, 5) is 23.8. The van der Waals surface area contributed by atoms with Gasteiger partial charge in [0.05, 0.1) is 18.4 Å². The number of thioether (sulfide) groups is 1. The second-order valence-electron chi connectivity index (χ2n) is 6.06. The van der Waals surface area contributed by atoms with Crippen LogP contribution in [0.1, 0.15) is 49.3 Å². The number of rotatable bonds is 8. The first-order chi connectivity index (χ1) is 12.5. The third-order valence-electron chi connectivity index (χ3n) is 3.61. The molecule has 0 aliphatic carbocycles. The zero-order chi connectivity index (χ0) is 19.1. The van der Waals surface area contributed by atoms with Gasteiger partial charge in [-0.05, 0) is 24.6 Å². The summed E-state index contributed by atoms with van der Waals surface area (Å²) >= 11 is 1.35. The van der Waals surface area contributed by atoms with Crippen molar-refractivity contribution in [2.24, 2.45) is 0 Å². The smallest absolute Gasteiger partial charge is 0.337 e. The number of nitrogens with one attached hydrogen (secondary N) is 1. The number of hydrogen-bond acceptors (Lipinski definition) is 6. The number of aromatic nitrogens is 3. The summed E-state index contributed by atoms with van der Waals surface area (Å²) in [5.41, 5.74) is 0.943. The number of benzene rings is 1. The molecule has 0 unspecified atom stereocenters. The number of anilines is 1. The summed E-state index contributed by atoms with van der Waals surface area (Å²) in [5.74, 6) is 0.805. The van der Waals surface area contributed by atoms with Crippen LogP contribution in [0.5, 0.6) is 0 Å². The highest BCUT2D eigenvalue weighted by Crippen LogP contribution is 2.22. The Morgan fingerprint density at radius 1 is 1.31 bits per heavy atom. The van der Waals surface area contributed by atoms with Crippen molar-refractivity contribution in [3.8, 4) is 0 Å². The molecule has 1 amide bonds. The third-order valence-corrected chi connectivity index (χ3v) is 4.58. The Morgan fingerprint density at radius 3 is 2.73 bits per heavy atom. The maximum Gasteiger partial charge on any atom is 0.337 e. The molecule has 0 aliphatic heterocycles. The molecule has 0 fully saturated rings. The molecule has 1 aromatic carbocycles. The molecule has 7 nitrogen and oxygen atoms in total. The van der Waals surface area contributed by atoms with Crippen LogP contribution in [0.4, 0.5) is 5.69 Å². The van der Waals surface area contributed by atoms with E-state index in [-0.39, 0.29) is 17.6 Å². The molecule has 0 atom stereocenters. The summed E-state index contributed by atoms with van der Waals surface area (Å²) in [6.07, 6.45) is 0.970. The van der Waals surface area contributed by atoms with Gasteiger partial charge in [-0.15, -0.1) is 10.2 Å². The third kappa shape index (κ3) is 5.08. The quantitative estimate of drug-likeness (QED) is 0.562. The van der Waals surface area contributed by atoms with E-state index in [1.807, 2.05) is 0 Å². The predicted molar refractivity (Wildman–Crippen MR) is 102 cm³/mol. The molecule has 1 heterocycles. The molecule has 0 bridgehead atoms. The van der Waals surface area contributed by atoms with Crippen molar-refractivity contribution in [1.82, 2.24) is 14.8 Å². The van der Waals surface area contributed by atoms with Crippen LogP contribution < -0.4 is 5.32 Å². The van der Waals surface area contributed by atoms with Gasteiger partial charge in [-0.2, -0.15) is 0 Å². The molecule has 0 radical (unpaired) electrons. The van der Waals surface area contributed by atoms with Crippen LogP contribution in [-0.4, -0.2) is 39.5 Å². The van der Waals surface area contributed by atoms with Crippen LogP contribution >= 0.6 is 11.8 Å². The van der Waals surface area contributed by atoms with E-state index >= 15 is 0 Å². The minimum Gasteiger partial charge on any atom is -0.465 e. The molecule has 0 aliphatic rings. The van der Waals surface area contributed by atoms with Gasteiger partial charge in [-0.1, -0.05) is 38.6 Å². The Kier molecular flexibility index (Phi) is 7.20. The monoisotopic (exact) mass is 376 g/mol. The topological polar surface area (TPSA) is 86.1 Å². The lowest BCUT2D eigenvalue weighted by Crippen LogP contribution is -2.15. The molecular formula is C18H24N4O3S. The first kappa shape index (κ1) is 20.0. The molecule has 1 aromatic heterocycles. The van der Waals surface area contributed by atoms with Crippen LogP contribution in [0, 0.1) is 0 Å². The summed E-state index contributed by atoms with van der Waals surface area (Å²) in [6, 6.07) is 6.65. The highest BCUT2D eigenvalue weighted by molar-refractivity contribution is 7.99. The fourth-order valence-electron chi connectivity index (χ4n) is 2.44. The van der Waals surface area contributed by atoms with Gasteiger partial charge in [-0.3, -0.25) is 4.79 Å². The predicted octanol–water partition coefficient (Wildman–Crippen LogP) is 3.33. The van der Waals surface area contributed by atoms with Gasteiger partial charge in [0.1, 0.15) is 5.82 Å². The SMILES string of the molecule is CCCn1c(SCC(=O)Nc2cccc(C(=O)OC)c2)nnc1C(C)C. The van der Waals surface area contributed by atoms with E-state index in [2.05, 4.69) is 45.6 Å². The zero-order valence-electron chi connectivity index (χ0n) is 15.5. The maximum absolute atomic E-state index is 12.2. The fourth-order valence-corrected chi connectivity index (χ4v) is 3.21. The first-order valence-corrected chi connectivity index (χ1v) is 9.49. The lowest BCUT2D eigenvalue weighted by molar-refractivity contribution is -0.113. The van der Waals surface area contributed by atoms with Crippen LogP contribution in [-0.2, 0) is 16.1 Å². The first-order valence-electron chi connectivity index (χ1n) is 8.50. The zero-order valence-corrected chi connectivity index (χ0v) is 16.3. The van der Waals surface area contributed by atoms with Crippen molar-refractivity contribution in [2.75, 3.05) is 18.2 Å². The van der Waals surface area contributed by atoms with Crippen molar-refractivity contribution in [1.29, 1.82) is 0 Å². The lowest BCUT2D eigenvalue weighted by atomic mass is 10.2. The van der Waals surface area contributed by atoms with Crippen LogP contribution in [0.15, 0.2) is 29.4 Å². The standard InChI is InChI=1S/C18H24N4O3S/c1-5-9-22-16(12(2)3)20-21-18(22)26-11-15(23)19-14-8-6-7-13(10-14)17(24)25-4/h6-8,10,12H,5,9,11H2,1-4H3,(H,19,23). The Labute approximate surface area is 157 Å². The molecule has 140 valence electrons. The molecule has 26 heavy (non-hydrogen) atoms. The van der Waals surface area contributed by atoms with E-state index in [0.717, 1.165) is 23.9 Å². The molecule has 8 heteroatoms. The Bertz CT molecular complexity index is 774. The van der Waals surface area contributed by atoms with Gasteiger partial charge >= 0.3 is 5.97 Å². The van der Waals surface area contributed by atoms with E-state index < -0.39 is 5.97 Å². The average Bonchev–Trinajstić information content (AvgIpc) is 3.03. The van der Waals surface area contributed by atoms with Gasteiger partial charge in [0, 0.05) is 18.2 Å². The second-order valence-corrected chi connectivity index (χ2v) is 7.00. The molecule has 0 saturated carbocycles. The summed E-state index contributed by atoms with van der Waals surface area (Å²) in [5, 5.41) is 12.0. The molecule has 2 rings (SSSR count). The summed E-state index contributed by atoms with van der Waals surface area (Å²) in [6.45, 7) is 7.07. The molecular weight excluding hydrogens is 352 g/mol. The van der Waals surface area contributed by atoms with Gasteiger partial charge in [0.25, 0.3) is 0 Å². The number of nitrogens with zero attached hydrogens (tertiary/aromatic N) is 3. The number of esters is 1. The number of carbonyl (C=O) groups excluding carboxylic acids is 2. The normalized spacial score (nSPS) is 10.8. The van der Waals surface area contributed by atoms with Gasteiger partial charge in [0.15, 0.2) is 5.16 Å². The van der Waals surface area contributed by atoms with Crippen LogP contribution in [0.2, 0.25) is 0 Å². The Morgan fingerprint density at radius 2 is 2.08 bits per heavy atom. The Hall–Kier alpha value is -2.35. The molecule has 2 aromatic rings. The van der Waals surface area contributed by atoms with Crippen LogP contribution in [0.25, 0.3) is 0 Å². The molecule has 1 N–H and O–H groups in total. The van der Waals surface area contributed by atoms with Crippen molar-refractivity contribution in [2.45, 2.75) is 44.8 Å². The lowest BCUT2D eigenvalue weighted by Gasteiger charge is -2.11. The fraction of sp³-hybridized carbons (Fsp3) is 0.444. The van der Waals surface area contributed by atoms with E-state index in [1.54, 1.807) is 24.3 Å². The molecule has 0 saturated heterocycles. The van der Waals surface area contributed by atoms with Crippen molar-refractivity contribution in [3.63, 3.8) is 0 Å². The highest BCUT2D eigenvalue weighted by atomic mass is 32.2. The van der Waals surface area contributed by atoms with Crippen molar-refractivity contribution in [3.05, 3.63) is 35.7 Å².